The SMILES string of the molecule is O=C(O)c1ccc(CNCC(O)C(F)F)c(Br)c1. The van der Waals surface area contributed by atoms with Crippen molar-refractivity contribution in [2.75, 3.05) is 6.54 Å². The second-order valence-corrected chi connectivity index (χ2v) is 4.50. The van der Waals surface area contributed by atoms with E-state index in [2.05, 4.69) is 21.2 Å². The highest BCUT2D eigenvalue weighted by atomic mass is 79.9. The van der Waals surface area contributed by atoms with E-state index in [0.717, 1.165) is 5.56 Å². The minimum atomic E-state index is -2.78. The van der Waals surface area contributed by atoms with Gasteiger partial charge in [-0.15, -0.1) is 0 Å². The van der Waals surface area contributed by atoms with E-state index in [9.17, 15) is 13.6 Å². The molecule has 3 N–H and O–H groups in total. The summed E-state index contributed by atoms with van der Waals surface area (Å²) >= 11 is 3.20. The Morgan fingerprint density at radius 1 is 1.44 bits per heavy atom. The molecule has 0 radical (unpaired) electrons. The zero-order chi connectivity index (χ0) is 13.7. The first kappa shape index (κ1) is 15.0. The van der Waals surface area contributed by atoms with Crippen LogP contribution in [0.1, 0.15) is 15.9 Å². The summed E-state index contributed by atoms with van der Waals surface area (Å²) in [4.78, 5) is 10.7. The monoisotopic (exact) mass is 323 g/mol. The van der Waals surface area contributed by atoms with Crippen LogP contribution in [0.15, 0.2) is 22.7 Å². The number of carboxylic acid groups (broad SMARTS) is 1. The maximum absolute atomic E-state index is 12.0. The molecule has 7 heteroatoms. The third-order valence-electron chi connectivity index (χ3n) is 2.26. The van der Waals surface area contributed by atoms with E-state index in [1.54, 1.807) is 6.07 Å². The zero-order valence-electron chi connectivity index (χ0n) is 9.24. The van der Waals surface area contributed by atoms with Gasteiger partial charge >= 0.3 is 5.97 Å². The third-order valence-corrected chi connectivity index (χ3v) is 3.00. The molecule has 0 aliphatic carbocycles. The molecule has 1 aromatic carbocycles. The van der Waals surface area contributed by atoms with Gasteiger partial charge in [-0.1, -0.05) is 22.0 Å². The van der Waals surface area contributed by atoms with Gasteiger partial charge in [-0.2, -0.15) is 0 Å². The maximum Gasteiger partial charge on any atom is 0.335 e. The molecule has 0 heterocycles. The molecule has 0 spiro atoms. The predicted octanol–water partition coefficient (Wildman–Crippen LogP) is 1.86. The molecule has 0 saturated heterocycles. The summed E-state index contributed by atoms with van der Waals surface area (Å²) < 4.78 is 24.6. The number of aliphatic hydroxyl groups excluding tert-OH is 1. The van der Waals surface area contributed by atoms with Crippen molar-refractivity contribution in [3.8, 4) is 0 Å². The van der Waals surface area contributed by atoms with Crippen LogP contribution in [-0.4, -0.2) is 35.3 Å². The van der Waals surface area contributed by atoms with Gasteiger partial charge < -0.3 is 15.5 Å². The lowest BCUT2D eigenvalue weighted by atomic mass is 10.1. The number of carboxylic acids is 1. The average Bonchev–Trinajstić information content (AvgIpc) is 2.30. The Kier molecular flexibility index (Phi) is 5.64. The molecule has 4 nitrogen and oxygen atoms in total. The number of hydrogen-bond donors (Lipinski definition) is 3. The second kappa shape index (κ2) is 6.77. The highest BCUT2D eigenvalue weighted by Gasteiger charge is 2.16. The molecule has 18 heavy (non-hydrogen) atoms. The molecule has 0 fully saturated rings. The van der Waals surface area contributed by atoms with E-state index in [4.69, 9.17) is 10.2 Å². The number of aliphatic hydroxyl groups is 1. The van der Waals surface area contributed by atoms with Gasteiger partial charge in [0.2, 0.25) is 0 Å². The van der Waals surface area contributed by atoms with Crippen LogP contribution >= 0.6 is 15.9 Å². The minimum absolute atomic E-state index is 0.137. The summed E-state index contributed by atoms with van der Waals surface area (Å²) in [6, 6.07) is 4.44. The lowest BCUT2D eigenvalue weighted by Crippen LogP contribution is -2.31. The molecule has 0 amide bonds. The van der Waals surface area contributed by atoms with Crippen LogP contribution in [0.5, 0.6) is 0 Å². The van der Waals surface area contributed by atoms with Crippen molar-refractivity contribution in [2.45, 2.75) is 19.1 Å². The van der Waals surface area contributed by atoms with Gasteiger partial charge in [0.1, 0.15) is 6.10 Å². The second-order valence-electron chi connectivity index (χ2n) is 3.64. The van der Waals surface area contributed by atoms with Crippen molar-refractivity contribution in [1.82, 2.24) is 5.32 Å². The van der Waals surface area contributed by atoms with Gasteiger partial charge in [0.25, 0.3) is 6.43 Å². The van der Waals surface area contributed by atoms with E-state index in [1.807, 2.05) is 0 Å². The number of alkyl halides is 2. The summed E-state index contributed by atoms with van der Waals surface area (Å²) in [7, 11) is 0. The average molecular weight is 324 g/mol. The van der Waals surface area contributed by atoms with Crippen molar-refractivity contribution >= 4 is 21.9 Å². The van der Waals surface area contributed by atoms with Crippen LogP contribution in [-0.2, 0) is 6.54 Å². The van der Waals surface area contributed by atoms with E-state index in [1.165, 1.54) is 12.1 Å². The van der Waals surface area contributed by atoms with Crippen molar-refractivity contribution in [1.29, 1.82) is 0 Å². The fourth-order valence-electron chi connectivity index (χ4n) is 1.27. The molecule has 1 aromatic rings. The van der Waals surface area contributed by atoms with Crippen molar-refractivity contribution in [3.05, 3.63) is 33.8 Å². The smallest absolute Gasteiger partial charge is 0.335 e. The van der Waals surface area contributed by atoms with Crippen LogP contribution < -0.4 is 5.32 Å². The summed E-state index contributed by atoms with van der Waals surface area (Å²) in [6.07, 6.45) is -4.49. The van der Waals surface area contributed by atoms with Crippen LogP contribution in [0, 0.1) is 0 Å². The van der Waals surface area contributed by atoms with Gasteiger partial charge in [-0.3, -0.25) is 0 Å². The van der Waals surface area contributed by atoms with Crippen LogP contribution in [0.3, 0.4) is 0 Å². The van der Waals surface area contributed by atoms with E-state index >= 15 is 0 Å². The minimum Gasteiger partial charge on any atom is -0.478 e. The fourth-order valence-corrected chi connectivity index (χ4v) is 1.79. The lowest BCUT2D eigenvalue weighted by molar-refractivity contribution is -0.00341. The Morgan fingerprint density at radius 2 is 2.11 bits per heavy atom. The van der Waals surface area contributed by atoms with Crippen LogP contribution in [0.2, 0.25) is 0 Å². The van der Waals surface area contributed by atoms with Crippen LogP contribution in [0.4, 0.5) is 8.78 Å². The lowest BCUT2D eigenvalue weighted by Gasteiger charge is -2.11. The molecular formula is C11H12BrF2NO3. The first-order chi connectivity index (χ1) is 8.41. The number of halogens is 3. The molecule has 1 unspecified atom stereocenters. The molecule has 1 rings (SSSR count). The zero-order valence-corrected chi connectivity index (χ0v) is 10.8. The topological polar surface area (TPSA) is 69.6 Å². The Hall–Kier alpha value is -1.05. The number of nitrogens with one attached hydrogen (secondary N) is 1. The molecule has 1 atom stereocenters. The van der Waals surface area contributed by atoms with Crippen molar-refractivity contribution in [2.24, 2.45) is 0 Å². The van der Waals surface area contributed by atoms with Gasteiger partial charge in [0.15, 0.2) is 0 Å². The molecule has 0 bridgehead atoms. The molecule has 0 saturated carbocycles. The van der Waals surface area contributed by atoms with Crippen molar-refractivity contribution < 1.29 is 23.8 Å². The standard InChI is InChI=1S/C11H12BrF2NO3/c12-8-3-6(11(17)18)1-2-7(8)4-15-5-9(16)10(13)14/h1-3,9-10,15-16H,4-5H2,(H,17,18). The third kappa shape index (κ3) is 4.32. The van der Waals surface area contributed by atoms with Gasteiger partial charge in [-0.05, 0) is 17.7 Å². The van der Waals surface area contributed by atoms with E-state index in [-0.39, 0.29) is 18.7 Å². The highest BCUT2D eigenvalue weighted by molar-refractivity contribution is 9.10. The molecule has 0 aliphatic heterocycles. The number of rotatable bonds is 6. The van der Waals surface area contributed by atoms with Crippen LogP contribution in [0.25, 0.3) is 0 Å². The highest BCUT2D eigenvalue weighted by Crippen LogP contribution is 2.18. The number of carbonyl (C=O) groups is 1. The van der Waals surface area contributed by atoms with E-state index in [0.29, 0.717) is 4.47 Å². The summed E-state index contributed by atoms with van der Waals surface area (Å²) in [5.41, 5.74) is 0.861. The quantitative estimate of drug-likeness (QED) is 0.747. The predicted molar refractivity (Wildman–Crippen MR) is 64.8 cm³/mol. The summed E-state index contributed by atoms with van der Waals surface area (Å²) in [5.74, 6) is -1.04. The van der Waals surface area contributed by atoms with E-state index < -0.39 is 18.5 Å². The Bertz CT molecular complexity index is 429. The van der Waals surface area contributed by atoms with Crippen molar-refractivity contribution in [3.63, 3.8) is 0 Å². The maximum atomic E-state index is 12.0. The van der Waals surface area contributed by atoms with Gasteiger partial charge in [0, 0.05) is 17.6 Å². The normalized spacial score (nSPS) is 12.7. The van der Waals surface area contributed by atoms with Gasteiger partial charge in [0.05, 0.1) is 5.56 Å². The first-order valence-corrected chi connectivity index (χ1v) is 5.89. The molecular weight excluding hydrogens is 312 g/mol. The fraction of sp³-hybridized carbons (Fsp3) is 0.364. The molecule has 100 valence electrons. The molecule has 0 aliphatic rings. The summed E-state index contributed by atoms with van der Waals surface area (Å²) in [5, 5.41) is 20.3. The first-order valence-electron chi connectivity index (χ1n) is 5.10. The number of benzene rings is 1. The number of aromatic carboxylic acids is 1. The largest absolute Gasteiger partial charge is 0.478 e. The Morgan fingerprint density at radius 3 is 2.61 bits per heavy atom. The number of hydrogen-bond acceptors (Lipinski definition) is 3. The molecule has 0 aromatic heterocycles. The summed E-state index contributed by atoms with van der Waals surface area (Å²) in [6.45, 7) is 0.0229. The Balaban J connectivity index is 2.56. The Labute approximate surface area is 111 Å². The van der Waals surface area contributed by atoms with Gasteiger partial charge in [-0.25, -0.2) is 13.6 Å².